The van der Waals surface area contributed by atoms with E-state index >= 15 is 0 Å². The normalized spacial score (nSPS) is 27.3. The van der Waals surface area contributed by atoms with Crippen molar-refractivity contribution in [1.82, 2.24) is 28.4 Å². The third kappa shape index (κ3) is 2.45. The summed E-state index contributed by atoms with van der Waals surface area (Å²) in [5, 5.41) is 0. The standard InChI is InChI=1S/C17H22N6O2S/c1-11-7-12(21-26(24,25)22-5-2-6-22)8-13(11)15-9-19-16-10-20-17-14(23(15)16)3-4-18-17/h3-4,9-13,18,21H,2,5-8H2,1H3/t11-,12?,13+/m1/s1. The largest absolute Gasteiger partial charge is 0.345 e. The fourth-order valence-corrected chi connectivity index (χ4v) is 5.82. The van der Waals surface area contributed by atoms with Crippen LogP contribution >= 0.6 is 0 Å². The van der Waals surface area contributed by atoms with Crippen LogP contribution in [0, 0.1) is 5.92 Å². The van der Waals surface area contributed by atoms with Crippen molar-refractivity contribution < 1.29 is 8.42 Å². The molecule has 0 spiro atoms. The minimum atomic E-state index is -3.34. The molecule has 0 amide bonds. The summed E-state index contributed by atoms with van der Waals surface area (Å²) < 4.78 is 31.4. The molecule has 0 aromatic carbocycles. The number of aromatic nitrogens is 4. The molecule has 3 atom stereocenters. The third-order valence-corrected chi connectivity index (χ3v) is 7.48. The van der Waals surface area contributed by atoms with E-state index < -0.39 is 10.2 Å². The Balaban J connectivity index is 1.45. The second-order valence-corrected chi connectivity index (χ2v) is 9.18. The molecule has 2 aliphatic rings. The van der Waals surface area contributed by atoms with Gasteiger partial charge in [0, 0.05) is 43.1 Å². The van der Waals surface area contributed by atoms with E-state index in [2.05, 4.69) is 31.0 Å². The maximum Gasteiger partial charge on any atom is 0.279 e. The van der Waals surface area contributed by atoms with Crippen molar-refractivity contribution in [2.45, 2.75) is 38.1 Å². The Morgan fingerprint density at radius 3 is 2.85 bits per heavy atom. The van der Waals surface area contributed by atoms with Gasteiger partial charge in [-0.05, 0) is 31.2 Å². The molecule has 1 saturated heterocycles. The summed E-state index contributed by atoms with van der Waals surface area (Å²) in [5.41, 5.74) is 3.79. The molecular formula is C17H22N6O2S. The Morgan fingerprint density at radius 1 is 1.23 bits per heavy atom. The highest BCUT2D eigenvalue weighted by Crippen LogP contribution is 2.40. The maximum absolute atomic E-state index is 12.4. The monoisotopic (exact) mass is 374 g/mol. The summed E-state index contributed by atoms with van der Waals surface area (Å²) in [5.74, 6) is 0.635. The first-order chi connectivity index (χ1) is 12.5. The molecule has 1 aliphatic carbocycles. The lowest BCUT2D eigenvalue weighted by molar-refractivity contribution is 0.301. The second-order valence-electron chi connectivity index (χ2n) is 7.47. The van der Waals surface area contributed by atoms with E-state index in [9.17, 15) is 8.42 Å². The molecule has 0 bridgehead atoms. The first-order valence-corrected chi connectivity index (χ1v) is 10.5. The highest BCUT2D eigenvalue weighted by molar-refractivity contribution is 7.87. The number of hydrogen-bond acceptors (Lipinski definition) is 4. The molecule has 3 aromatic heterocycles. The van der Waals surface area contributed by atoms with Crippen LogP contribution in [0.15, 0.2) is 24.7 Å². The van der Waals surface area contributed by atoms with Gasteiger partial charge in [0.05, 0.1) is 11.7 Å². The van der Waals surface area contributed by atoms with E-state index in [0.717, 1.165) is 41.8 Å². The average Bonchev–Trinajstić information content (AvgIpc) is 3.21. The van der Waals surface area contributed by atoms with Gasteiger partial charge in [0.15, 0.2) is 11.3 Å². The highest BCUT2D eigenvalue weighted by atomic mass is 32.2. The minimum absolute atomic E-state index is 0.0327. The summed E-state index contributed by atoms with van der Waals surface area (Å²) >= 11 is 0. The first-order valence-electron chi connectivity index (χ1n) is 9.10. The van der Waals surface area contributed by atoms with Crippen LogP contribution in [0.3, 0.4) is 0 Å². The quantitative estimate of drug-likeness (QED) is 0.726. The number of aromatic amines is 1. The lowest BCUT2D eigenvalue weighted by Gasteiger charge is -2.31. The Morgan fingerprint density at radius 2 is 2.08 bits per heavy atom. The number of imidazole rings is 1. The highest BCUT2D eigenvalue weighted by Gasteiger charge is 2.38. The molecule has 1 saturated carbocycles. The fraction of sp³-hybridized carbons (Fsp3) is 0.529. The van der Waals surface area contributed by atoms with Crippen molar-refractivity contribution in [3.05, 3.63) is 30.4 Å². The topological polar surface area (TPSA) is 95.4 Å². The molecule has 26 heavy (non-hydrogen) atoms. The molecule has 5 rings (SSSR count). The molecule has 3 aromatic rings. The summed E-state index contributed by atoms with van der Waals surface area (Å²) in [6.07, 6.45) is 8.14. The number of hydrogen-bond donors (Lipinski definition) is 2. The van der Waals surface area contributed by atoms with Gasteiger partial charge in [-0.25, -0.2) is 9.97 Å². The Kier molecular flexibility index (Phi) is 3.60. The molecule has 9 heteroatoms. The van der Waals surface area contributed by atoms with E-state index in [1.165, 1.54) is 4.31 Å². The van der Waals surface area contributed by atoms with Gasteiger partial charge in [0.2, 0.25) is 0 Å². The zero-order valence-electron chi connectivity index (χ0n) is 14.6. The van der Waals surface area contributed by atoms with Crippen molar-refractivity contribution in [1.29, 1.82) is 0 Å². The van der Waals surface area contributed by atoms with Crippen LogP contribution in [0.2, 0.25) is 0 Å². The molecule has 0 radical (unpaired) electrons. The Bertz CT molecular complexity index is 1070. The molecule has 4 heterocycles. The van der Waals surface area contributed by atoms with Gasteiger partial charge in [-0.1, -0.05) is 6.92 Å². The van der Waals surface area contributed by atoms with E-state index in [0.29, 0.717) is 19.0 Å². The number of H-pyrrole nitrogens is 1. The lowest BCUT2D eigenvalue weighted by Crippen LogP contribution is -2.50. The van der Waals surface area contributed by atoms with Crippen LogP contribution in [0.5, 0.6) is 0 Å². The number of nitrogens with one attached hydrogen (secondary N) is 2. The van der Waals surface area contributed by atoms with Crippen LogP contribution in [0.1, 0.15) is 37.8 Å². The van der Waals surface area contributed by atoms with Crippen molar-refractivity contribution in [3.63, 3.8) is 0 Å². The van der Waals surface area contributed by atoms with E-state index in [1.54, 1.807) is 6.20 Å². The zero-order valence-corrected chi connectivity index (χ0v) is 15.4. The van der Waals surface area contributed by atoms with Gasteiger partial charge in [0.1, 0.15) is 0 Å². The zero-order chi connectivity index (χ0) is 17.9. The SMILES string of the molecule is C[C@@H]1CC(NS(=O)(=O)N2CCC2)C[C@@H]1c1cnc2cnc3[nH]ccc3n12. The predicted molar refractivity (Wildman–Crippen MR) is 98.0 cm³/mol. The summed E-state index contributed by atoms with van der Waals surface area (Å²) in [6, 6.07) is 1.97. The van der Waals surface area contributed by atoms with Gasteiger partial charge in [-0.2, -0.15) is 17.4 Å². The van der Waals surface area contributed by atoms with Gasteiger partial charge < -0.3 is 4.98 Å². The molecule has 2 N–H and O–H groups in total. The summed E-state index contributed by atoms with van der Waals surface area (Å²) in [7, 11) is -3.34. The van der Waals surface area contributed by atoms with E-state index in [4.69, 9.17) is 0 Å². The number of nitrogens with zero attached hydrogens (tertiary/aromatic N) is 4. The predicted octanol–water partition coefficient (Wildman–Crippen LogP) is 1.63. The van der Waals surface area contributed by atoms with Crippen LogP contribution in [-0.4, -0.2) is 51.2 Å². The molecule has 1 unspecified atom stereocenters. The smallest absolute Gasteiger partial charge is 0.279 e. The van der Waals surface area contributed by atoms with Crippen LogP contribution in [0.4, 0.5) is 0 Å². The summed E-state index contributed by atoms with van der Waals surface area (Å²) in [4.78, 5) is 12.0. The van der Waals surface area contributed by atoms with Gasteiger partial charge in [0.25, 0.3) is 10.2 Å². The maximum atomic E-state index is 12.4. The first kappa shape index (κ1) is 16.2. The lowest BCUT2D eigenvalue weighted by atomic mass is 9.95. The minimum Gasteiger partial charge on any atom is -0.345 e. The van der Waals surface area contributed by atoms with E-state index in [1.807, 2.05) is 18.5 Å². The van der Waals surface area contributed by atoms with Gasteiger partial charge in [-0.15, -0.1) is 0 Å². The van der Waals surface area contributed by atoms with Gasteiger partial charge in [-0.3, -0.25) is 4.40 Å². The number of fused-ring (bicyclic) bond motifs is 3. The van der Waals surface area contributed by atoms with E-state index in [-0.39, 0.29) is 12.0 Å². The summed E-state index contributed by atoms with van der Waals surface area (Å²) in [6.45, 7) is 3.46. The average molecular weight is 374 g/mol. The van der Waals surface area contributed by atoms with Gasteiger partial charge >= 0.3 is 0 Å². The Labute approximate surface area is 151 Å². The van der Waals surface area contributed by atoms with Crippen molar-refractivity contribution in [2.75, 3.05) is 13.1 Å². The second kappa shape index (κ2) is 5.77. The van der Waals surface area contributed by atoms with Crippen LogP contribution in [0.25, 0.3) is 16.8 Å². The molecule has 1 aliphatic heterocycles. The van der Waals surface area contributed by atoms with Crippen molar-refractivity contribution >= 4 is 27.0 Å². The van der Waals surface area contributed by atoms with Crippen molar-refractivity contribution in [3.8, 4) is 0 Å². The van der Waals surface area contributed by atoms with Crippen LogP contribution < -0.4 is 4.72 Å². The molecule has 138 valence electrons. The number of rotatable bonds is 4. The molecular weight excluding hydrogens is 352 g/mol. The Hall–Kier alpha value is -1.97. The fourth-order valence-electron chi connectivity index (χ4n) is 4.32. The third-order valence-electron chi connectivity index (χ3n) is 5.80. The van der Waals surface area contributed by atoms with Crippen molar-refractivity contribution in [2.24, 2.45) is 5.92 Å². The van der Waals surface area contributed by atoms with Crippen LogP contribution in [-0.2, 0) is 10.2 Å². The molecule has 8 nitrogen and oxygen atoms in total. The molecule has 2 fully saturated rings.